The summed E-state index contributed by atoms with van der Waals surface area (Å²) in [6.45, 7) is 2.73. The van der Waals surface area contributed by atoms with E-state index in [-0.39, 0.29) is 11.8 Å². The van der Waals surface area contributed by atoms with Gasteiger partial charge in [0, 0.05) is 0 Å². The number of nitrogens with zero attached hydrogens (tertiary/aromatic N) is 2. The molecule has 3 N–H and O–H groups in total. The van der Waals surface area contributed by atoms with E-state index in [1.165, 1.54) is 0 Å². The minimum absolute atomic E-state index is 0.0885. The average Bonchev–Trinajstić information content (AvgIpc) is 3.35. The molecule has 0 unspecified atom stereocenters. The van der Waals surface area contributed by atoms with Gasteiger partial charge in [-0.2, -0.15) is 5.26 Å². The molecule has 3 heterocycles. The molecule has 0 radical (unpaired) electrons. The van der Waals surface area contributed by atoms with E-state index < -0.39 is 0 Å². The highest BCUT2D eigenvalue weighted by Gasteiger charge is 2.35. The Labute approximate surface area is 160 Å². The van der Waals surface area contributed by atoms with Crippen LogP contribution in [0.5, 0.6) is 11.6 Å². The summed E-state index contributed by atoms with van der Waals surface area (Å²) >= 11 is 1.59. The number of aromatic nitrogens is 2. The highest BCUT2D eigenvalue weighted by Crippen LogP contribution is 2.46. The number of hydrogen-bond acceptors (Lipinski definition) is 6. The van der Waals surface area contributed by atoms with E-state index >= 15 is 0 Å². The smallest absolute Gasteiger partial charge is 0.244 e. The predicted octanol–water partition coefficient (Wildman–Crippen LogP) is 4.15. The molecule has 27 heavy (non-hydrogen) atoms. The minimum Gasteiger partial charge on any atom is -0.494 e. The summed E-state index contributed by atoms with van der Waals surface area (Å²) in [5.74, 6) is 0.945. The molecular formula is C20H18N4O2S. The molecule has 0 bridgehead atoms. The highest BCUT2D eigenvalue weighted by molar-refractivity contribution is 7.13. The molecule has 6 nitrogen and oxygen atoms in total. The second-order valence-corrected chi connectivity index (χ2v) is 7.08. The van der Waals surface area contributed by atoms with E-state index in [0.717, 1.165) is 33.9 Å². The van der Waals surface area contributed by atoms with Crippen LogP contribution in [0.1, 0.15) is 30.4 Å². The molecule has 1 aliphatic heterocycles. The number of ether oxygens (including phenoxy) is 2. The molecule has 0 amide bonds. The van der Waals surface area contributed by atoms with Crippen LogP contribution in [0.15, 0.2) is 53.2 Å². The number of allylic oxidation sites excluding steroid dienone is 1. The lowest BCUT2D eigenvalue weighted by molar-refractivity contribution is 0.317. The number of hydrogen-bond donors (Lipinski definition) is 2. The molecule has 1 aromatic carbocycles. The minimum atomic E-state index is -0.352. The molecular weight excluding hydrogens is 360 g/mol. The number of rotatable bonds is 5. The molecule has 136 valence electrons. The van der Waals surface area contributed by atoms with Gasteiger partial charge < -0.3 is 15.2 Å². The van der Waals surface area contributed by atoms with E-state index in [1.54, 1.807) is 11.3 Å². The zero-order chi connectivity index (χ0) is 18.8. The van der Waals surface area contributed by atoms with Gasteiger partial charge in [-0.1, -0.05) is 25.1 Å². The first kappa shape index (κ1) is 17.2. The monoisotopic (exact) mass is 378 g/mol. The van der Waals surface area contributed by atoms with Crippen molar-refractivity contribution in [1.29, 1.82) is 5.26 Å². The maximum absolute atomic E-state index is 9.73. The Hall–Kier alpha value is -3.24. The Balaban J connectivity index is 1.81. The molecule has 2 aromatic heterocycles. The number of H-pyrrole nitrogens is 1. The normalized spacial score (nSPS) is 15.8. The lowest BCUT2D eigenvalue weighted by atomic mass is 9.84. The van der Waals surface area contributed by atoms with Crippen molar-refractivity contribution >= 4 is 11.3 Å². The predicted molar refractivity (Wildman–Crippen MR) is 103 cm³/mol. The van der Waals surface area contributed by atoms with Gasteiger partial charge in [-0.3, -0.25) is 5.10 Å². The van der Waals surface area contributed by atoms with Crippen molar-refractivity contribution < 1.29 is 9.47 Å². The van der Waals surface area contributed by atoms with E-state index in [9.17, 15) is 5.26 Å². The van der Waals surface area contributed by atoms with Gasteiger partial charge in [-0.15, -0.1) is 16.4 Å². The second-order valence-electron chi connectivity index (χ2n) is 6.14. The zero-order valence-corrected chi connectivity index (χ0v) is 15.5. The Morgan fingerprint density at radius 3 is 2.81 bits per heavy atom. The third-order valence-electron chi connectivity index (χ3n) is 4.39. The third-order valence-corrected chi connectivity index (χ3v) is 5.28. The topological polar surface area (TPSA) is 96.9 Å². The van der Waals surface area contributed by atoms with E-state index in [4.69, 9.17) is 15.2 Å². The highest BCUT2D eigenvalue weighted by atomic mass is 32.1. The number of thiophene rings is 1. The third kappa shape index (κ3) is 3.04. The average molecular weight is 378 g/mol. The van der Waals surface area contributed by atoms with Gasteiger partial charge in [0.2, 0.25) is 11.8 Å². The fourth-order valence-corrected chi connectivity index (χ4v) is 3.90. The fourth-order valence-electron chi connectivity index (χ4n) is 3.16. The van der Waals surface area contributed by atoms with Gasteiger partial charge in [-0.05, 0) is 35.6 Å². The summed E-state index contributed by atoms with van der Waals surface area (Å²) in [5.41, 5.74) is 8.99. The maximum Gasteiger partial charge on any atom is 0.244 e. The first-order valence-corrected chi connectivity index (χ1v) is 9.53. The van der Waals surface area contributed by atoms with Crippen LogP contribution >= 0.6 is 11.3 Å². The quantitative estimate of drug-likeness (QED) is 0.695. The van der Waals surface area contributed by atoms with E-state index in [0.29, 0.717) is 18.1 Å². The van der Waals surface area contributed by atoms with Gasteiger partial charge in [0.05, 0.1) is 28.7 Å². The Kier molecular flexibility index (Phi) is 4.57. The van der Waals surface area contributed by atoms with Crippen LogP contribution in [0.4, 0.5) is 0 Å². The Morgan fingerprint density at radius 1 is 1.33 bits per heavy atom. The van der Waals surface area contributed by atoms with E-state index in [1.807, 2.05) is 41.8 Å². The van der Waals surface area contributed by atoms with Crippen molar-refractivity contribution in [2.75, 3.05) is 6.61 Å². The van der Waals surface area contributed by atoms with Gasteiger partial charge in [-0.25, -0.2) is 0 Å². The summed E-state index contributed by atoms with van der Waals surface area (Å²) in [5, 5.41) is 19.0. The molecule has 4 rings (SSSR count). The van der Waals surface area contributed by atoms with Gasteiger partial charge in [0.1, 0.15) is 17.4 Å². The van der Waals surface area contributed by atoms with Crippen LogP contribution in [0.25, 0.3) is 10.6 Å². The standard InChI is InChI=1S/C20H18N4O2S/c1-2-9-25-13-7-5-12(6-8-13)16-14(11-21)19(22)26-20-17(16)18(23-24-20)15-4-3-10-27-15/h3-8,10,16H,2,9,22H2,1H3,(H,23,24)/t16-/m0/s1. The first-order valence-electron chi connectivity index (χ1n) is 8.65. The molecule has 0 saturated carbocycles. The molecule has 7 heteroatoms. The first-order chi connectivity index (χ1) is 13.2. The zero-order valence-electron chi connectivity index (χ0n) is 14.7. The second kappa shape index (κ2) is 7.17. The van der Waals surface area contributed by atoms with Crippen molar-refractivity contribution in [3.05, 3.63) is 64.4 Å². The molecule has 0 saturated heterocycles. The van der Waals surface area contributed by atoms with Crippen molar-refractivity contribution in [2.24, 2.45) is 5.73 Å². The van der Waals surface area contributed by atoms with Gasteiger partial charge >= 0.3 is 0 Å². The largest absolute Gasteiger partial charge is 0.494 e. The van der Waals surface area contributed by atoms with Gasteiger partial charge in [0.15, 0.2) is 0 Å². The number of nitriles is 1. The van der Waals surface area contributed by atoms with Crippen molar-refractivity contribution in [3.63, 3.8) is 0 Å². The van der Waals surface area contributed by atoms with Crippen molar-refractivity contribution in [1.82, 2.24) is 10.2 Å². The molecule has 0 fully saturated rings. The summed E-state index contributed by atoms with van der Waals surface area (Å²) < 4.78 is 11.3. The Bertz CT molecular complexity index is 1010. The van der Waals surface area contributed by atoms with Crippen LogP contribution in [-0.2, 0) is 0 Å². The number of fused-ring (bicyclic) bond motifs is 1. The van der Waals surface area contributed by atoms with Crippen LogP contribution in [0.3, 0.4) is 0 Å². The fraction of sp³-hybridized carbons (Fsp3) is 0.200. The van der Waals surface area contributed by atoms with Crippen LogP contribution in [0, 0.1) is 11.3 Å². The number of nitrogens with two attached hydrogens (primary N) is 1. The summed E-state index contributed by atoms with van der Waals surface area (Å²) in [6.07, 6.45) is 0.947. The van der Waals surface area contributed by atoms with Crippen LogP contribution < -0.4 is 15.2 Å². The summed E-state index contributed by atoms with van der Waals surface area (Å²) in [6, 6.07) is 13.9. The van der Waals surface area contributed by atoms with Gasteiger partial charge in [0.25, 0.3) is 0 Å². The molecule has 1 atom stereocenters. The lowest BCUT2D eigenvalue weighted by Crippen LogP contribution is -2.20. The van der Waals surface area contributed by atoms with Crippen LogP contribution in [0.2, 0.25) is 0 Å². The molecule has 1 aliphatic rings. The molecule has 0 spiro atoms. The maximum atomic E-state index is 9.73. The summed E-state index contributed by atoms with van der Waals surface area (Å²) in [4.78, 5) is 1.03. The summed E-state index contributed by atoms with van der Waals surface area (Å²) in [7, 11) is 0. The SMILES string of the molecule is CCCOc1ccc([C@H]2C(C#N)=C(N)Oc3n[nH]c(-c4cccs4)c32)cc1. The molecule has 0 aliphatic carbocycles. The van der Waals surface area contributed by atoms with E-state index in [2.05, 4.69) is 23.2 Å². The van der Waals surface area contributed by atoms with Crippen molar-refractivity contribution in [3.8, 4) is 28.3 Å². The number of benzene rings is 1. The number of nitrogens with one attached hydrogen (secondary N) is 1. The lowest BCUT2D eigenvalue weighted by Gasteiger charge is -2.24. The van der Waals surface area contributed by atoms with Crippen molar-refractivity contribution in [2.45, 2.75) is 19.3 Å². The Morgan fingerprint density at radius 2 is 2.15 bits per heavy atom. The molecule has 3 aromatic rings. The van der Waals surface area contributed by atoms with Crippen LogP contribution in [-0.4, -0.2) is 16.8 Å². The number of aromatic amines is 1.